The Labute approximate surface area is 109 Å². The number of nitrogens with two attached hydrogens (primary N) is 1. The van der Waals surface area contributed by atoms with E-state index in [1.165, 1.54) is 6.08 Å². The van der Waals surface area contributed by atoms with E-state index in [4.69, 9.17) is 16.8 Å². The number of rotatable bonds is 8. The van der Waals surface area contributed by atoms with Crippen LogP contribution < -0.4 is 5.73 Å². The maximum Gasteiger partial charge on any atom is 0.306 e. The summed E-state index contributed by atoms with van der Waals surface area (Å²) in [5.41, 5.74) is 22.8. The van der Waals surface area contributed by atoms with Crippen molar-refractivity contribution in [2.75, 3.05) is 20.3 Å². The first-order valence-corrected chi connectivity index (χ1v) is 5.23. The van der Waals surface area contributed by atoms with E-state index < -0.39 is 5.97 Å². The molecule has 0 aliphatic heterocycles. The predicted octanol–water partition coefficient (Wildman–Crippen LogP) is 1.80. The molecule has 0 rings (SSSR count). The summed E-state index contributed by atoms with van der Waals surface area (Å²) in [7, 11) is 1.54. The predicted molar refractivity (Wildman–Crippen MR) is 69.0 cm³/mol. The van der Waals surface area contributed by atoms with Gasteiger partial charge in [0.25, 0.3) is 0 Å². The molecule has 0 bridgehead atoms. The minimum atomic E-state index is -0.520. The SMILES string of the molecule is CN=C(C=C(N)CCC(=O)OCN=[N+]=[N-])CN=[N+]=[N-]. The lowest BCUT2D eigenvalue weighted by Gasteiger charge is -2.02. The molecule has 0 unspecified atom stereocenters. The van der Waals surface area contributed by atoms with Crippen LogP contribution in [0.2, 0.25) is 0 Å². The van der Waals surface area contributed by atoms with Crippen LogP contribution in [0, 0.1) is 0 Å². The summed E-state index contributed by atoms with van der Waals surface area (Å²) in [6.45, 7) is -0.244. The topological polar surface area (TPSA) is 162 Å². The molecule has 0 fully saturated rings. The van der Waals surface area contributed by atoms with E-state index in [0.29, 0.717) is 11.4 Å². The van der Waals surface area contributed by atoms with Gasteiger partial charge < -0.3 is 10.5 Å². The molecule has 0 amide bonds. The average Bonchev–Trinajstić information content (AvgIpc) is 2.41. The van der Waals surface area contributed by atoms with Crippen LogP contribution in [0.25, 0.3) is 20.9 Å². The Hall–Kier alpha value is -2.70. The average molecular weight is 266 g/mol. The highest BCUT2D eigenvalue weighted by atomic mass is 16.5. The number of esters is 1. The molecule has 0 aromatic heterocycles. The van der Waals surface area contributed by atoms with Crippen molar-refractivity contribution in [3.05, 3.63) is 32.7 Å². The van der Waals surface area contributed by atoms with Gasteiger partial charge in [0.2, 0.25) is 0 Å². The number of hydrogen-bond donors (Lipinski definition) is 1. The largest absolute Gasteiger partial charge is 0.460 e. The van der Waals surface area contributed by atoms with Gasteiger partial charge in [-0.1, -0.05) is 10.2 Å². The van der Waals surface area contributed by atoms with Crippen LogP contribution in [0.5, 0.6) is 0 Å². The minimum Gasteiger partial charge on any atom is -0.460 e. The van der Waals surface area contributed by atoms with Gasteiger partial charge in [-0.25, -0.2) is 0 Å². The first-order chi connectivity index (χ1) is 9.13. The molecule has 0 spiro atoms. The van der Waals surface area contributed by atoms with Crippen molar-refractivity contribution in [2.24, 2.45) is 21.0 Å². The zero-order valence-corrected chi connectivity index (χ0v) is 10.4. The van der Waals surface area contributed by atoms with Crippen LogP contribution in [0.15, 0.2) is 27.0 Å². The van der Waals surface area contributed by atoms with E-state index in [1.807, 2.05) is 0 Å². The van der Waals surface area contributed by atoms with E-state index in [-0.39, 0.29) is 26.1 Å². The standard InChI is InChI=1S/C9H14N8O2/c1-13-8(5-14-16-11)4-7(10)2-3-9(18)19-6-15-17-12/h4H,2-3,5-6,10H2,1H3. The third-order valence-corrected chi connectivity index (χ3v) is 1.90. The summed E-state index contributed by atoms with van der Waals surface area (Å²) in [6.07, 6.45) is 1.86. The third kappa shape index (κ3) is 9.04. The molecule has 0 saturated heterocycles. The number of carbonyl (C=O) groups excluding carboxylic acids is 1. The van der Waals surface area contributed by atoms with Gasteiger partial charge in [0.15, 0.2) is 6.73 Å². The van der Waals surface area contributed by atoms with E-state index in [0.717, 1.165) is 0 Å². The van der Waals surface area contributed by atoms with Crippen LogP contribution in [-0.4, -0.2) is 32.0 Å². The highest BCUT2D eigenvalue weighted by Crippen LogP contribution is 2.01. The zero-order valence-electron chi connectivity index (χ0n) is 10.4. The molecule has 19 heavy (non-hydrogen) atoms. The molecule has 0 heterocycles. The third-order valence-electron chi connectivity index (χ3n) is 1.90. The van der Waals surface area contributed by atoms with Crippen LogP contribution in [0.1, 0.15) is 12.8 Å². The van der Waals surface area contributed by atoms with E-state index >= 15 is 0 Å². The van der Waals surface area contributed by atoms with Gasteiger partial charge in [0, 0.05) is 28.3 Å². The Bertz CT molecular complexity index is 457. The number of aliphatic imine (C=N–C) groups is 1. The lowest BCUT2D eigenvalue weighted by atomic mass is 10.2. The molecule has 102 valence electrons. The number of azide groups is 2. The van der Waals surface area contributed by atoms with Gasteiger partial charge in [-0.15, -0.1) is 0 Å². The number of nitrogens with zero attached hydrogens (tertiary/aromatic N) is 7. The molecule has 0 atom stereocenters. The normalized spacial score (nSPS) is 11.2. The molecule has 0 aromatic carbocycles. The first kappa shape index (κ1) is 16.3. The molecule has 0 aromatic rings. The van der Waals surface area contributed by atoms with Gasteiger partial charge in [0.05, 0.1) is 13.0 Å². The van der Waals surface area contributed by atoms with Crippen molar-refractivity contribution in [2.45, 2.75) is 12.8 Å². The van der Waals surface area contributed by atoms with Crippen LogP contribution in [-0.2, 0) is 9.53 Å². The molecule has 10 heteroatoms. The maximum absolute atomic E-state index is 11.2. The number of ether oxygens (including phenoxy) is 1. The highest BCUT2D eigenvalue weighted by molar-refractivity contribution is 5.97. The molecule has 0 radical (unpaired) electrons. The van der Waals surface area contributed by atoms with Crippen LogP contribution in [0.4, 0.5) is 0 Å². The fraction of sp³-hybridized carbons (Fsp3) is 0.556. The van der Waals surface area contributed by atoms with Crippen molar-refractivity contribution in [3.63, 3.8) is 0 Å². The van der Waals surface area contributed by atoms with Crippen molar-refractivity contribution in [3.8, 4) is 0 Å². The fourth-order valence-corrected chi connectivity index (χ4v) is 1.02. The van der Waals surface area contributed by atoms with Crippen LogP contribution >= 0.6 is 0 Å². The van der Waals surface area contributed by atoms with Crippen molar-refractivity contribution >= 4 is 11.7 Å². The fourth-order valence-electron chi connectivity index (χ4n) is 1.02. The van der Waals surface area contributed by atoms with Gasteiger partial charge in [-0.2, -0.15) is 0 Å². The Morgan fingerprint density at radius 2 is 2.00 bits per heavy atom. The monoisotopic (exact) mass is 266 g/mol. The smallest absolute Gasteiger partial charge is 0.306 e. The summed E-state index contributed by atoms with van der Waals surface area (Å²) < 4.78 is 4.59. The summed E-state index contributed by atoms with van der Waals surface area (Å²) in [6, 6.07) is 0. The van der Waals surface area contributed by atoms with Gasteiger partial charge in [0.1, 0.15) is 0 Å². The van der Waals surface area contributed by atoms with Gasteiger partial charge in [-0.3, -0.25) is 9.79 Å². The Kier molecular flexibility index (Phi) is 8.97. The Morgan fingerprint density at radius 1 is 1.32 bits per heavy atom. The van der Waals surface area contributed by atoms with Crippen LogP contribution in [0.3, 0.4) is 0 Å². The second-order valence-electron chi connectivity index (χ2n) is 3.20. The number of carbonyl (C=O) groups is 1. The van der Waals surface area contributed by atoms with Crippen molar-refractivity contribution in [1.29, 1.82) is 0 Å². The Balaban J connectivity index is 4.20. The van der Waals surface area contributed by atoms with E-state index in [1.54, 1.807) is 7.05 Å². The molecule has 2 N–H and O–H groups in total. The highest BCUT2D eigenvalue weighted by Gasteiger charge is 2.03. The first-order valence-electron chi connectivity index (χ1n) is 5.23. The molecule has 0 saturated carbocycles. The summed E-state index contributed by atoms with van der Waals surface area (Å²) in [5, 5.41) is 6.41. The molecular formula is C9H14N8O2. The number of allylic oxidation sites excluding steroid dienone is 1. The van der Waals surface area contributed by atoms with Gasteiger partial charge in [-0.05, 0) is 23.6 Å². The minimum absolute atomic E-state index is 0.0573. The number of hydrogen-bond acceptors (Lipinski definition) is 6. The quantitative estimate of drug-likeness (QED) is 0.233. The van der Waals surface area contributed by atoms with Crippen molar-refractivity contribution < 1.29 is 9.53 Å². The summed E-state index contributed by atoms with van der Waals surface area (Å²) >= 11 is 0. The second kappa shape index (κ2) is 10.5. The van der Waals surface area contributed by atoms with Crippen molar-refractivity contribution in [1.82, 2.24) is 0 Å². The lowest BCUT2D eigenvalue weighted by Crippen LogP contribution is -2.09. The van der Waals surface area contributed by atoms with E-state index in [2.05, 4.69) is 29.8 Å². The zero-order chi connectivity index (χ0) is 14.5. The lowest BCUT2D eigenvalue weighted by molar-refractivity contribution is -0.143. The van der Waals surface area contributed by atoms with Gasteiger partial charge >= 0.3 is 5.97 Å². The second-order valence-corrected chi connectivity index (χ2v) is 3.20. The molecule has 0 aliphatic carbocycles. The molecule has 10 nitrogen and oxygen atoms in total. The summed E-state index contributed by atoms with van der Waals surface area (Å²) in [5.74, 6) is -0.520. The summed E-state index contributed by atoms with van der Waals surface area (Å²) in [4.78, 5) is 20.1. The molecular weight excluding hydrogens is 252 g/mol. The maximum atomic E-state index is 11.2. The Morgan fingerprint density at radius 3 is 2.58 bits per heavy atom. The molecule has 0 aliphatic rings. The van der Waals surface area contributed by atoms with E-state index in [9.17, 15) is 4.79 Å².